The van der Waals surface area contributed by atoms with Crippen LogP contribution in [0.2, 0.25) is 0 Å². The van der Waals surface area contributed by atoms with E-state index in [-0.39, 0.29) is 5.75 Å². The number of halogens is 8. The van der Waals surface area contributed by atoms with Crippen LogP contribution in [0, 0.1) is 0 Å². The van der Waals surface area contributed by atoms with Crippen LogP contribution in [0.15, 0.2) is 48.5 Å². The molecule has 0 amide bonds. The fourth-order valence-electron chi connectivity index (χ4n) is 2.48. The summed E-state index contributed by atoms with van der Waals surface area (Å²) in [7, 11) is 1.13. The molecule has 0 aliphatic carbocycles. The summed E-state index contributed by atoms with van der Waals surface area (Å²) in [4.78, 5) is 0. The van der Waals surface area contributed by atoms with Gasteiger partial charge >= 0.3 is 18.5 Å². The zero-order valence-corrected chi connectivity index (χ0v) is 13.9. The topological polar surface area (TPSA) is 38.7 Å². The summed E-state index contributed by atoms with van der Waals surface area (Å²) in [6.45, 7) is 0. The summed E-state index contributed by atoms with van der Waals surface area (Å²) in [5.74, 6) is -6.68. The van der Waals surface area contributed by atoms with Gasteiger partial charge in [-0.25, -0.2) is 0 Å². The maximum absolute atomic E-state index is 14.3. The molecule has 2 aromatic rings. The fraction of sp³-hybridized carbons (Fsp3) is 0.294. The van der Waals surface area contributed by atoms with Gasteiger partial charge in [0.1, 0.15) is 11.5 Å². The normalized spacial score (nSPS) is 15.1. The Kier molecular flexibility index (Phi) is 5.52. The van der Waals surface area contributed by atoms with E-state index in [0.29, 0.717) is 24.3 Å². The van der Waals surface area contributed by atoms with Gasteiger partial charge in [0, 0.05) is 0 Å². The number of hydrogen-bond donors (Lipinski definition) is 1. The summed E-state index contributed by atoms with van der Waals surface area (Å²) in [5.41, 5.74) is -5.83. The first kappa shape index (κ1) is 21.7. The third-order valence-corrected chi connectivity index (χ3v) is 3.80. The minimum absolute atomic E-state index is 0.120. The van der Waals surface area contributed by atoms with Gasteiger partial charge in [0.05, 0.1) is 7.11 Å². The third-order valence-electron chi connectivity index (χ3n) is 3.80. The maximum Gasteiger partial charge on any atom is 0.573 e. The second-order valence-electron chi connectivity index (χ2n) is 5.59. The molecular formula is C17H12F8O3. The van der Waals surface area contributed by atoms with Crippen LogP contribution in [-0.4, -0.2) is 30.7 Å². The average Bonchev–Trinajstić information content (AvgIpc) is 2.59. The van der Waals surface area contributed by atoms with E-state index in [9.17, 15) is 40.2 Å². The molecule has 2 aromatic carbocycles. The molecule has 0 saturated carbocycles. The van der Waals surface area contributed by atoms with Crippen molar-refractivity contribution in [1.29, 1.82) is 0 Å². The van der Waals surface area contributed by atoms with E-state index in [1.165, 1.54) is 6.07 Å². The first-order valence-corrected chi connectivity index (χ1v) is 7.40. The van der Waals surface area contributed by atoms with Crippen molar-refractivity contribution >= 4 is 0 Å². The Morgan fingerprint density at radius 2 is 1.32 bits per heavy atom. The lowest BCUT2D eigenvalue weighted by Crippen LogP contribution is -2.55. The van der Waals surface area contributed by atoms with Crippen molar-refractivity contribution in [2.75, 3.05) is 7.11 Å². The molecule has 0 saturated heterocycles. The predicted molar refractivity (Wildman–Crippen MR) is 80.1 cm³/mol. The Morgan fingerprint density at radius 3 is 1.79 bits per heavy atom. The number of benzene rings is 2. The maximum atomic E-state index is 14.3. The molecule has 0 bridgehead atoms. The lowest BCUT2D eigenvalue weighted by Gasteiger charge is -2.37. The Balaban J connectivity index is 2.65. The Labute approximate surface area is 153 Å². The van der Waals surface area contributed by atoms with Gasteiger partial charge in [0.25, 0.3) is 0 Å². The van der Waals surface area contributed by atoms with Crippen LogP contribution in [0.25, 0.3) is 0 Å². The zero-order chi connectivity index (χ0) is 21.4. The van der Waals surface area contributed by atoms with Gasteiger partial charge in [-0.1, -0.05) is 24.3 Å². The van der Waals surface area contributed by atoms with Crippen LogP contribution in [0.1, 0.15) is 11.1 Å². The summed E-state index contributed by atoms with van der Waals surface area (Å²) in [6, 6.07) is 5.89. The number of alkyl halides is 8. The first-order chi connectivity index (χ1) is 12.7. The molecule has 154 valence electrons. The molecule has 0 fully saturated rings. The highest BCUT2D eigenvalue weighted by molar-refractivity contribution is 5.44. The Hall–Kier alpha value is -2.56. The molecule has 3 nitrogen and oxygen atoms in total. The van der Waals surface area contributed by atoms with E-state index in [0.717, 1.165) is 25.3 Å². The monoisotopic (exact) mass is 416 g/mol. The minimum Gasteiger partial charge on any atom is -0.497 e. The third kappa shape index (κ3) is 3.98. The number of hydrogen-bond acceptors (Lipinski definition) is 3. The Bertz CT molecular complexity index is 814. The molecule has 0 spiro atoms. The van der Waals surface area contributed by atoms with Gasteiger partial charge < -0.3 is 14.6 Å². The van der Waals surface area contributed by atoms with E-state index in [1.807, 2.05) is 0 Å². The second kappa shape index (κ2) is 7.12. The molecule has 0 aliphatic rings. The average molecular weight is 416 g/mol. The van der Waals surface area contributed by atoms with Crippen molar-refractivity contribution in [2.45, 2.75) is 24.1 Å². The summed E-state index contributed by atoms with van der Waals surface area (Å²) < 4.78 is 113. The minimum atomic E-state index is -6.17. The molecule has 1 N–H and O–H groups in total. The van der Waals surface area contributed by atoms with Crippen molar-refractivity contribution in [2.24, 2.45) is 0 Å². The molecule has 1 unspecified atom stereocenters. The number of methoxy groups -OCH3 is 1. The van der Waals surface area contributed by atoms with Crippen LogP contribution in [-0.2, 0) is 5.60 Å². The van der Waals surface area contributed by atoms with E-state index in [4.69, 9.17) is 4.74 Å². The van der Waals surface area contributed by atoms with E-state index in [2.05, 4.69) is 4.74 Å². The van der Waals surface area contributed by atoms with Crippen molar-refractivity contribution in [3.8, 4) is 11.5 Å². The number of ether oxygens (including phenoxy) is 2. The van der Waals surface area contributed by atoms with Crippen LogP contribution < -0.4 is 9.47 Å². The summed E-state index contributed by atoms with van der Waals surface area (Å²) >= 11 is 0. The van der Waals surface area contributed by atoms with Gasteiger partial charge in [-0.05, 0) is 35.4 Å². The van der Waals surface area contributed by atoms with Gasteiger partial charge in [-0.2, -0.15) is 22.0 Å². The second-order valence-corrected chi connectivity index (χ2v) is 5.59. The molecule has 28 heavy (non-hydrogen) atoms. The molecule has 0 heterocycles. The summed E-state index contributed by atoms with van der Waals surface area (Å²) in [6.07, 6.45) is -11.3. The molecule has 11 heteroatoms. The van der Waals surface area contributed by atoms with Crippen LogP contribution in [0.5, 0.6) is 11.5 Å². The molecular weight excluding hydrogens is 404 g/mol. The Morgan fingerprint density at radius 1 is 0.750 bits per heavy atom. The van der Waals surface area contributed by atoms with Crippen molar-refractivity contribution < 1.29 is 49.7 Å². The van der Waals surface area contributed by atoms with Gasteiger partial charge in [0.2, 0.25) is 0 Å². The van der Waals surface area contributed by atoms with Crippen molar-refractivity contribution in [1.82, 2.24) is 0 Å². The lowest BCUT2D eigenvalue weighted by atomic mass is 9.80. The highest BCUT2D eigenvalue weighted by Gasteiger charge is 2.71. The van der Waals surface area contributed by atoms with Crippen LogP contribution in [0.4, 0.5) is 35.1 Å². The molecule has 2 rings (SSSR count). The lowest BCUT2D eigenvalue weighted by molar-refractivity contribution is -0.336. The van der Waals surface area contributed by atoms with Gasteiger partial charge in [-0.3, -0.25) is 0 Å². The smallest absolute Gasteiger partial charge is 0.497 e. The number of rotatable bonds is 5. The molecule has 0 aromatic heterocycles. The first-order valence-electron chi connectivity index (χ1n) is 7.40. The largest absolute Gasteiger partial charge is 0.573 e. The van der Waals surface area contributed by atoms with E-state index >= 15 is 0 Å². The molecule has 1 atom stereocenters. The van der Waals surface area contributed by atoms with Crippen LogP contribution in [0.3, 0.4) is 0 Å². The standard InChI is InChI=1S/C17H12F8O3/c1-27-13-4-2-3-11(9-13)14(26,15(18,19)16(20,21)22)10-5-7-12(8-6-10)28-17(23,24)25/h2-9,26H,1H3. The molecule has 0 aliphatic heterocycles. The van der Waals surface area contributed by atoms with Crippen molar-refractivity contribution in [3.05, 3.63) is 59.7 Å². The summed E-state index contributed by atoms with van der Waals surface area (Å²) in [5, 5.41) is 10.6. The zero-order valence-electron chi connectivity index (χ0n) is 13.9. The quantitative estimate of drug-likeness (QED) is 0.696. The van der Waals surface area contributed by atoms with Gasteiger partial charge in [0.15, 0.2) is 5.60 Å². The predicted octanol–water partition coefficient (Wildman–Crippen LogP) is 5.03. The van der Waals surface area contributed by atoms with Crippen molar-refractivity contribution in [3.63, 3.8) is 0 Å². The molecule has 0 radical (unpaired) electrons. The number of aliphatic hydroxyl groups is 1. The van der Waals surface area contributed by atoms with Gasteiger partial charge in [-0.15, -0.1) is 13.2 Å². The van der Waals surface area contributed by atoms with Crippen LogP contribution >= 0.6 is 0 Å². The van der Waals surface area contributed by atoms with E-state index in [1.54, 1.807) is 0 Å². The SMILES string of the molecule is COc1cccc(C(O)(c2ccc(OC(F)(F)F)cc2)C(F)(F)C(F)(F)F)c1. The highest BCUT2D eigenvalue weighted by atomic mass is 19.4. The highest BCUT2D eigenvalue weighted by Crippen LogP contribution is 2.52. The van der Waals surface area contributed by atoms with E-state index < -0.39 is 40.9 Å². The fourth-order valence-corrected chi connectivity index (χ4v) is 2.48.